The fourth-order valence-corrected chi connectivity index (χ4v) is 1.02. The number of rotatable bonds is 2. The minimum absolute atomic E-state index is 0.0203. The Morgan fingerprint density at radius 2 is 2.00 bits per heavy atom. The van der Waals surface area contributed by atoms with E-state index in [2.05, 4.69) is 5.32 Å². The average molecular weight is 198 g/mol. The number of carbonyl (C=O) groups excluding carboxylic acids is 1. The van der Waals surface area contributed by atoms with Gasteiger partial charge in [-0.25, -0.2) is 0 Å². The van der Waals surface area contributed by atoms with Gasteiger partial charge in [-0.2, -0.15) is 0 Å². The Labute approximate surface area is 82.9 Å². The molecule has 2 nitrogen and oxygen atoms in total. The van der Waals surface area contributed by atoms with Gasteiger partial charge in [-0.1, -0.05) is 37.6 Å². The molecule has 0 bridgehead atoms. The van der Waals surface area contributed by atoms with Gasteiger partial charge in [0.1, 0.15) is 0 Å². The summed E-state index contributed by atoms with van der Waals surface area (Å²) < 4.78 is 0. The standard InChI is InChI=1S/C10H12ClNO/c1-7(2)10(13)12-9-6-4-3-5-8(9)11/h3-7H,1-2H3,(H,12,13). The number of hydrogen-bond donors (Lipinski definition) is 1. The molecule has 3 heteroatoms. The molecule has 1 aromatic rings. The Morgan fingerprint density at radius 3 is 2.54 bits per heavy atom. The predicted molar refractivity (Wildman–Crippen MR) is 54.9 cm³/mol. The zero-order valence-electron chi connectivity index (χ0n) is 7.67. The molecule has 0 radical (unpaired) electrons. The van der Waals surface area contributed by atoms with Gasteiger partial charge in [-0.15, -0.1) is 0 Å². The molecule has 0 fully saturated rings. The molecule has 0 aliphatic rings. The van der Waals surface area contributed by atoms with Crippen LogP contribution in [0.1, 0.15) is 13.8 Å². The minimum Gasteiger partial charge on any atom is -0.325 e. The molecular weight excluding hydrogens is 186 g/mol. The van der Waals surface area contributed by atoms with Crippen LogP contribution in [0.4, 0.5) is 5.69 Å². The summed E-state index contributed by atoms with van der Waals surface area (Å²) in [5.41, 5.74) is 0.669. The van der Waals surface area contributed by atoms with Crippen LogP contribution in [0.5, 0.6) is 0 Å². The van der Waals surface area contributed by atoms with Crippen molar-refractivity contribution in [1.82, 2.24) is 0 Å². The fraction of sp³-hybridized carbons (Fsp3) is 0.300. The maximum atomic E-state index is 11.3. The van der Waals surface area contributed by atoms with E-state index < -0.39 is 0 Å². The maximum absolute atomic E-state index is 11.3. The van der Waals surface area contributed by atoms with Crippen LogP contribution >= 0.6 is 11.6 Å². The number of nitrogens with one attached hydrogen (secondary N) is 1. The van der Waals surface area contributed by atoms with Gasteiger partial charge in [-0.3, -0.25) is 4.79 Å². The molecule has 1 rings (SSSR count). The lowest BCUT2D eigenvalue weighted by molar-refractivity contribution is -0.118. The molecule has 0 saturated heterocycles. The van der Waals surface area contributed by atoms with E-state index in [4.69, 9.17) is 11.6 Å². The smallest absolute Gasteiger partial charge is 0.226 e. The zero-order valence-corrected chi connectivity index (χ0v) is 8.43. The number of carbonyl (C=O) groups is 1. The van der Waals surface area contributed by atoms with Crippen LogP contribution in [0.2, 0.25) is 5.02 Å². The number of amides is 1. The van der Waals surface area contributed by atoms with E-state index in [1.165, 1.54) is 0 Å². The quantitative estimate of drug-likeness (QED) is 0.776. The maximum Gasteiger partial charge on any atom is 0.226 e. The second-order valence-electron chi connectivity index (χ2n) is 3.12. The van der Waals surface area contributed by atoms with Gasteiger partial charge in [0.25, 0.3) is 0 Å². The molecular formula is C10H12ClNO. The van der Waals surface area contributed by atoms with Crippen LogP contribution < -0.4 is 5.32 Å². The van der Waals surface area contributed by atoms with Crippen molar-refractivity contribution in [2.75, 3.05) is 5.32 Å². The Kier molecular flexibility index (Phi) is 3.32. The normalized spacial score (nSPS) is 10.2. The van der Waals surface area contributed by atoms with Crippen LogP contribution in [0.15, 0.2) is 24.3 Å². The Balaban J connectivity index is 2.75. The Bertz CT molecular complexity index is 310. The molecule has 0 saturated carbocycles. The highest BCUT2D eigenvalue weighted by Gasteiger charge is 2.08. The van der Waals surface area contributed by atoms with E-state index in [0.717, 1.165) is 0 Å². The molecule has 0 aliphatic heterocycles. The van der Waals surface area contributed by atoms with Gasteiger partial charge in [0.05, 0.1) is 10.7 Å². The van der Waals surface area contributed by atoms with E-state index >= 15 is 0 Å². The fourth-order valence-electron chi connectivity index (χ4n) is 0.840. The third-order valence-electron chi connectivity index (χ3n) is 1.66. The monoisotopic (exact) mass is 197 g/mol. The SMILES string of the molecule is CC(C)C(=O)Nc1ccccc1Cl. The number of hydrogen-bond acceptors (Lipinski definition) is 1. The molecule has 70 valence electrons. The second-order valence-corrected chi connectivity index (χ2v) is 3.53. The third-order valence-corrected chi connectivity index (χ3v) is 1.99. The topological polar surface area (TPSA) is 29.1 Å². The molecule has 0 atom stereocenters. The average Bonchev–Trinajstić information content (AvgIpc) is 2.08. The number of para-hydroxylation sites is 1. The summed E-state index contributed by atoms with van der Waals surface area (Å²) in [6, 6.07) is 7.19. The van der Waals surface area contributed by atoms with Crippen molar-refractivity contribution >= 4 is 23.2 Å². The zero-order chi connectivity index (χ0) is 9.84. The van der Waals surface area contributed by atoms with Gasteiger partial charge in [0.15, 0.2) is 0 Å². The summed E-state index contributed by atoms with van der Waals surface area (Å²) in [5.74, 6) is -0.0515. The predicted octanol–water partition coefficient (Wildman–Crippen LogP) is 2.93. The molecule has 13 heavy (non-hydrogen) atoms. The molecule has 1 N–H and O–H groups in total. The van der Waals surface area contributed by atoms with E-state index in [0.29, 0.717) is 10.7 Å². The lowest BCUT2D eigenvalue weighted by atomic mass is 10.2. The first-order valence-electron chi connectivity index (χ1n) is 4.16. The molecule has 1 aromatic carbocycles. The van der Waals surface area contributed by atoms with Crippen molar-refractivity contribution in [1.29, 1.82) is 0 Å². The summed E-state index contributed by atoms with van der Waals surface area (Å²) in [6.07, 6.45) is 0. The lowest BCUT2D eigenvalue weighted by Gasteiger charge is -2.08. The number of benzene rings is 1. The van der Waals surface area contributed by atoms with Crippen molar-refractivity contribution in [3.05, 3.63) is 29.3 Å². The largest absolute Gasteiger partial charge is 0.325 e. The van der Waals surface area contributed by atoms with Crippen LogP contribution in [-0.4, -0.2) is 5.91 Å². The summed E-state index contributed by atoms with van der Waals surface area (Å²) in [5, 5.41) is 3.30. The number of anilines is 1. The van der Waals surface area contributed by atoms with Gasteiger partial charge in [0, 0.05) is 5.92 Å². The van der Waals surface area contributed by atoms with Gasteiger partial charge >= 0.3 is 0 Å². The minimum atomic E-state index is -0.0312. The van der Waals surface area contributed by atoms with Crippen molar-refractivity contribution in [2.24, 2.45) is 5.92 Å². The molecule has 0 aliphatic carbocycles. The van der Waals surface area contributed by atoms with Gasteiger partial charge in [-0.05, 0) is 12.1 Å². The first-order chi connectivity index (χ1) is 6.11. The Morgan fingerprint density at radius 1 is 1.38 bits per heavy atom. The summed E-state index contributed by atoms with van der Waals surface area (Å²) in [6.45, 7) is 3.68. The molecule has 0 spiro atoms. The first-order valence-corrected chi connectivity index (χ1v) is 4.54. The lowest BCUT2D eigenvalue weighted by Crippen LogP contribution is -2.17. The molecule has 0 unspecified atom stereocenters. The van der Waals surface area contributed by atoms with E-state index in [9.17, 15) is 4.79 Å². The van der Waals surface area contributed by atoms with Crippen LogP contribution in [0, 0.1) is 5.92 Å². The molecule has 0 aromatic heterocycles. The Hall–Kier alpha value is -1.02. The van der Waals surface area contributed by atoms with Crippen molar-refractivity contribution in [2.45, 2.75) is 13.8 Å². The van der Waals surface area contributed by atoms with Crippen LogP contribution in [-0.2, 0) is 4.79 Å². The molecule has 0 heterocycles. The summed E-state index contributed by atoms with van der Waals surface area (Å²) >= 11 is 5.86. The van der Waals surface area contributed by atoms with E-state index in [-0.39, 0.29) is 11.8 Å². The van der Waals surface area contributed by atoms with Crippen molar-refractivity contribution in [3.8, 4) is 0 Å². The highest BCUT2D eigenvalue weighted by atomic mass is 35.5. The first kappa shape index (κ1) is 10.1. The van der Waals surface area contributed by atoms with E-state index in [1.807, 2.05) is 26.0 Å². The highest BCUT2D eigenvalue weighted by molar-refractivity contribution is 6.33. The third kappa shape index (κ3) is 2.74. The summed E-state index contributed by atoms with van der Waals surface area (Å²) in [7, 11) is 0. The summed E-state index contributed by atoms with van der Waals surface area (Å²) in [4.78, 5) is 11.3. The van der Waals surface area contributed by atoms with Crippen molar-refractivity contribution < 1.29 is 4.79 Å². The highest BCUT2D eigenvalue weighted by Crippen LogP contribution is 2.20. The van der Waals surface area contributed by atoms with Crippen LogP contribution in [0.25, 0.3) is 0 Å². The van der Waals surface area contributed by atoms with E-state index in [1.54, 1.807) is 12.1 Å². The molecule has 1 amide bonds. The van der Waals surface area contributed by atoms with Crippen molar-refractivity contribution in [3.63, 3.8) is 0 Å². The second kappa shape index (κ2) is 4.28. The van der Waals surface area contributed by atoms with Crippen LogP contribution in [0.3, 0.4) is 0 Å². The van der Waals surface area contributed by atoms with Gasteiger partial charge in [0.2, 0.25) is 5.91 Å². The number of halogens is 1. The van der Waals surface area contributed by atoms with Gasteiger partial charge < -0.3 is 5.32 Å².